The van der Waals surface area contributed by atoms with Crippen LogP contribution in [0.5, 0.6) is 0 Å². The van der Waals surface area contributed by atoms with Gasteiger partial charge in [0.1, 0.15) is 0 Å². The van der Waals surface area contributed by atoms with Gasteiger partial charge in [0.25, 0.3) is 0 Å². The van der Waals surface area contributed by atoms with Crippen LogP contribution in [0.4, 0.5) is 0 Å². The van der Waals surface area contributed by atoms with Crippen LogP contribution in [0.25, 0.3) is 0 Å². The summed E-state index contributed by atoms with van der Waals surface area (Å²) in [6.07, 6.45) is 9.74. The van der Waals surface area contributed by atoms with Gasteiger partial charge in [0, 0.05) is 18.0 Å². The molecule has 1 unspecified atom stereocenters. The van der Waals surface area contributed by atoms with E-state index in [0.29, 0.717) is 6.04 Å². The second-order valence-corrected chi connectivity index (χ2v) is 6.14. The van der Waals surface area contributed by atoms with Gasteiger partial charge in [-0.15, -0.1) is 16.9 Å². The van der Waals surface area contributed by atoms with Gasteiger partial charge >= 0.3 is 0 Å². The van der Waals surface area contributed by atoms with Crippen LogP contribution < -0.4 is 0 Å². The highest BCUT2D eigenvalue weighted by Gasteiger charge is 2.58. The minimum absolute atomic E-state index is 0.168. The lowest BCUT2D eigenvalue weighted by Crippen LogP contribution is -2.28. The summed E-state index contributed by atoms with van der Waals surface area (Å²) in [5, 5.41) is 2.29. The maximum absolute atomic E-state index is 6.20. The van der Waals surface area contributed by atoms with Gasteiger partial charge in [-0.25, -0.2) is 0 Å². The molecule has 1 aliphatic carbocycles. The molecule has 3 rings (SSSR count). The molecule has 0 amide bonds. The number of benzene rings is 1. The molecule has 1 aliphatic heterocycles. The first-order valence-electron chi connectivity index (χ1n) is 8.30. The van der Waals surface area contributed by atoms with Crippen molar-refractivity contribution in [1.29, 1.82) is 0 Å². The molecule has 2 atom stereocenters. The van der Waals surface area contributed by atoms with E-state index in [1.54, 1.807) is 0 Å². The van der Waals surface area contributed by atoms with E-state index < -0.39 is 0 Å². The number of unbranched alkanes of at least 4 members (excludes halogenated alkanes) is 1. The monoisotopic (exact) mass is 283 g/mol. The lowest BCUT2D eigenvalue weighted by Gasteiger charge is -2.23. The van der Waals surface area contributed by atoms with Gasteiger partial charge in [0.15, 0.2) is 5.72 Å². The number of hydroxylamine groups is 2. The molecule has 2 aliphatic rings. The van der Waals surface area contributed by atoms with E-state index in [1.807, 2.05) is 6.92 Å². The number of hydrogen-bond acceptors (Lipinski definition) is 2. The fourth-order valence-electron chi connectivity index (χ4n) is 3.55. The highest BCUT2D eigenvalue weighted by Crippen LogP contribution is 2.52. The lowest BCUT2D eigenvalue weighted by atomic mass is 9.92. The van der Waals surface area contributed by atoms with Crippen molar-refractivity contribution in [2.24, 2.45) is 0 Å². The van der Waals surface area contributed by atoms with E-state index in [9.17, 15) is 0 Å². The van der Waals surface area contributed by atoms with Gasteiger partial charge < -0.3 is 0 Å². The summed E-state index contributed by atoms with van der Waals surface area (Å²) < 4.78 is 0. The highest BCUT2D eigenvalue weighted by atomic mass is 16.9. The predicted octanol–water partition coefficient (Wildman–Crippen LogP) is 4.61. The summed E-state index contributed by atoms with van der Waals surface area (Å²) in [6, 6.07) is 11.3. The van der Waals surface area contributed by atoms with E-state index in [0.717, 1.165) is 19.3 Å². The van der Waals surface area contributed by atoms with E-state index in [1.165, 1.54) is 37.7 Å². The zero-order valence-electron chi connectivity index (χ0n) is 13.0. The quantitative estimate of drug-likeness (QED) is 0.445. The Balaban J connectivity index is 1.71. The van der Waals surface area contributed by atoms with Crippen LogP contribution >= 0.6 is 0 Å². The SMILES string of the molecule is CC#CCCC[C@@]1(c2ccccc2)ON1C1CCCCC1. The van der Waals surface area contributed by atoms with Crippen molar-refractivity contribution >= 4 is 0 Å². The number of nitrogens with zero attached hydrogens (tertiary/aromatic N) is 1. The van der Waals surface area contributed by atoms with E-state index in [-0.39, 0.29) is 5.72 Å². The molecule has 0 bridgehead atoms. The summed E-state index contributed by atoms with van der Waals surface area (Å²) >= 11 is 0. The molecule has 2 nitrogen and oxygen atoms in total. The minimum atomic E-state index is -0.168. The molecule has 0 radical (unpaired) electrons. The topological polar surface area (TPSA) is 15.5 Å². The summed E-state index contributed by atoms with van der Waals surface area (Å²) in [4.78, 5) is 6.20. The van der Waals surface area contributed by atoms with Gasteiger partial charge in [-0.3, -0.25) is 4.84 Å². The third-order valence-corrected chi connectivity index (χ3v) is 4.70. The highest BCUT2D eigenvalue weighted by molar-refractivity contribution is 5.25. The minimum Gasteiger partial charge on any atom is -0.266 e. The first kappa shape index (κ1) is 14.6. The normalized spacial score (nSPS) is 28.7. The largest absolute Gasteiger partial charge is 0.266 e. The van der Waals surface area contributed by atoms with Crippen LogP contribution in [0.3, 0.4) is 0 Å². The summed E-state index contributed by atoms with van der Waals surface area (Å²) in [7, 11) is 0. The van der Waals surface area contributed by atoms with Gasteiger partial charge in [0.2, 0.25) is 0 Å². The third-order valence-electron chi connectivity index (χ3n) is 4.70. The van der Waals surface area contributed by atoms with Gasteiger partial charge in [-0.2, -0.15) is 0 Å². The fraction of sp³-hybridized carbons (Fsp3) is 0.579. The van der Waals surface area contributed by atoms with Crippen LogP contribution in [-0.4, -0.2) is 11.1 Å². The maximum atomic E-state index is 6.20. The number of hydrogen-bond donors (Lipinski definition) is 0. The molecule has 1 heterocycles. The molecule has 2 fully saturated rings. The second kappa shape index (κ2) is 6.64. The lowest BCUT2D eigenvalue weighted by molar-refractivity contribution is 0.119. The molecule has 2 heteroatoms. The van der Waals surface area contributed by atoms with E-state index in [4.69, 9.17) is 4.84 Å². The third kappa shape index (κ3) is 3.15. The molecule has 0 aromatic heterocycles. The van der Waals surface area contributed by atoms with Crippen LogP contribution in [0.1, 0.15) is 63.9 Å². The summed E-state index contributed by atoms with van der Waals surface area (Å²) in [5.41, 5.74) is 1.14. The Morgan fingerprint density at radius 2 is 1.95 bits per heavy atom. The van der Waals surface area contributed by atoms with Gasteiger partial charge in [-0.05, 0) is 32.6 Å². The summed E-state index contributed by atoms with van der Waals surface area (Å²) in [6.45, 7) is 1.91. The molecule has 112 valence electrons. The van der Waals surface area contributed by atoms with Crippen molar-refractivity contribution < 1.29 is 4.84 Å². The summed E-state index contributed by atoms with van der Waals surface area (Å²) in [5.74, 6) is 6.15. The maximum Gasteiger partial charge on any atom is 0.190 e. The Kier molecular flexibility index (Phi) is 4.63. The average molecular weight is 283 g/mol. The molecule has 1 saturated carbocycles. The van der Waals surface area contributed by atoms with Crippen LogP contribution in [0.15, 0.2) is 30.3 Å². The molecule has 1 saturated heterocycles. The Labute approximate surface area is 128 Å². The zero-order valence-corrected chi connectivity index (χ0v) is 13.0. The predicted molar refractivity (Wildman–Crippen MR) is 85.2 cm³/mol. The van der Waals surface area contributed by atoms with Crippen LogP contribution in [0, 0.1) is 11.8 Å². The van der Waals surface area contributed by atoms with Crippen LogP contribution in [-0.2, 0) is 10.6 Å². The Morgan fingerprint density at radius 3 is 2.67 bits per heavy atom. The Morgan fingerprint density at radius 1 is 1.19 bits per heavy atom. The van der Waals surface area contributed by atoms with Crippen LogP contribution in [0.2, 0.25) is 0 Å². The molecule has 21 heavy (non-hydrogen) atoms. The zero-order chi connectivity index (χ0) is 14.5. The first-order chi connectivity index (χ1) is 10.4. The molecule has 0 N–H and O–H groups in total. The molecule has 1 aromatic rings. The van der Waals surface area contributed by atoms with Crippen molar-refractivity contribution in [2.45, 2.75) is 70.1 Å². The molecular formula is C19H25NO. The molecule has 1 aromatic carbocycles. The average Bonchev–Trinajstić information content (AvgIpc) is 3.29. The fourth-order valence-corrected chi connectivity index (χ4v) is 3.55. The standard InChI is InChI=1S/C19H25NO/c1-2-3-4-11-16-19(17-12-7-5-8-13-17)20(21-19)18-14-9-6-10-15-18/h5,7-8,12-13,18H,4,6,9-11,14-16H2,1H3/t19-,20?/m0/s1. The smallest absolute Gasteiger partial charge is 0.190 e. The van der Waals surface area contributed by atoms with E-state index >= 15 is 0 Å². The first-order valence-corrected chi connectivity index (χ1v) is 8.30. The Bertz CT molecular complexity index is 509. The van der Waals surface area contributed by atoms with Crippen molar-refractivity contribution in [2.75, 3.05) is 0 Å². The van der Waals surface area contributed by atoms with Crippen molar-refractivity contribution in [1.82, 2.24) is 5.06 Å². The van der Waals surface area contributed by atoms with Gasteiger partial charge in [0.05, 0.1) is 0 Å². The van der Waals surface area contributed by atoms with Crippen molar-refractivity contribution in [3.05, 3.63) is 35.9 Å². The molecule has 0 spiro atoms. The van der Waals surface area contributed by atoms with Gasteiger partial charge in [-0.1, -0.05) is 49.6 Å². The second-order valence-electron chi connectivity index (χ2n) is 6.14. The van der Waals surface area contributed by atoms with E-state index in [2.05, 4.69) is 47.2 Å². The Hall–Kier alpha value is -1.30. The molecular weight excluding hydrogens is 258 g/mol. The van der Waals surface area contributed by atoms with Crippen molar-refractivity contribution in [3.63, 3.8) is 0 Å². The number of rotatable bonds is 5. The van der Waals surface area contributed by atoms with Crippen molar-refractivity contribution in [3.8, 4) is 11.8 Å².